The molecule has 0 N–H and O–H groups in total. The number of carbonyl (C=O) groups is 3. The van der Waals surface area contributed by atoms with E-state index in [1.54, 1.807) is 24.3 Å². The number of hydrogen-bond donors (Lipinski definition) is 0. The van der Waals surface area contributed by atoms with Crippen molar-refractivity contribution >= 4 is 29.5 Å². The zero-order valence-electron chi connectivity index (χ0n) is 36.7. The van der Waals surface area contributed by atoms with Gasteiger partial charge in [0.25, 0.3) is 11.8 Å². The van der Waals surface area contributed by atoms with E-state index in [1.165, 1.54) is 23.6 Å². The molecule has 13 nitrogen and oxygen atoms in total. The lowest BCUT2D eigenvalue weighted by Gasteiger charge is -2.53. The van der Waals surface area contributed by atoms with Crippen LogP contribution in [0.5, 0.6) is 0 Å². The molecular formula is C52H53NO12S. The van der Waals surface area contributed by atoms with E-state index in [2.05, 4.69) is 0 Å². The number of fused-ring (bicyclic) bond motifs is 2. The number of hydrogen-bond acceptors (Lipinski definition) is 13. The maximum Gasteiger partial charge on any atom is 0.302 e. The second-order valence-corrected chi connectivity index (χ2v) is 17.8. The second kappa shape index (κ2) is 21.6. The lowest BCUT2D eigenvalue weighted by molar-refractivity contribution is -0.369. The van der Waals surface area contributed by atoms with Crippen molar-refractivity contribution in [2.24, 2.45) is 0 Å². The average molecular weight is 916 g/mol. The molecule has 4 aliphatic rings. The predicted molar refractivity (Wildman–Crippen MR) is 243 cm³/mol. The summed E-state index contributed by atoms with van der Waals surface area (Å²) in [6.07, 6.45) is -8.45. The number of nitrogens with zero attached hydrogens (tertiary/aromatic N) is 1. The van der Waals surface area contributed by atoms with E-state index in [1.807, 2.05) is 128 Å². The predicted octanol–water partition coefficient (Wildman–Crippen LogP) is 7.67. The fraction of sp³-hybridized carbons (Fsp3) is 0.365. The van der Waals surface area contributed by atoms with Crippen molar-refractivity contribution in [2.75, 3.05) is 19.0 Å². The Morgan fingerprint density at radius 2 is 1.15 bits per heavy atom. The molecule has 14 heteroatoms. The molecule has 2 amide bonds. The molecule has 5 aromatic carbocycles. The Hall–Kier alpha value is -5.26. The number of rotatable bonds is 17. The van der Waals surface area contributed by atoms with Crippen molar-refractivity contribution in [1.82, 2.24) is 4.90 Å². The highest BCUT2D eigenvalue weighted by molar-refractivity contribution is 7.99. The van der Waals surface area contributed by atoms with Crippen LogP contribution in [0.15, 0.2) is 146 Å². The molecule has 0 saturated carbocycles. The smallest absolute Gasteiger partial charge is 0.302 e. The molecule has 4 aliphatic heterocycles. The van der Waals surface area contributed by atoms with Crippen LogP contribution in [0.25, 0.3) is 0 Å². The third-order valence-corrected chi connectivity index (χ3v) is 13.1. The molecule has 1 unspecified atom stereocenters. The molecule has 0 aliphatic carbocycles. The van der Waals surface area contributed by atoms with Crippen LogP contribution >= 0.6 is 11.8 Å². The van der Waals surface area contributed by atoms with Gasteiger partial charge in [0.2, 0.25) is 0 Å². The van der Waals surface area contributed by atoms with Gasteiger partial charge >= 0.3 is 5.97 Å². The Morgan fingerprint density at radius 3 is 1.70 bits per heavy atom. The Labute approximate surface area is 388 Å². The molecule has 0 aromatic heterocycles. The molecule has 0 bridgehead atoms. The number of amides is 2. The minimum Gasteiger partial charge on any atom is -0.463 e. The SMILES string of the molecule is CCS[C@@H]1O[C@@H]2COC(c3ccccc3)O[C@H]2[C@H](O[C@H]2O[C@H](COC(C)=O)[C@H](OCc3ccccc3)[C@H](OCc3ccccc3)[C@H]2OCc2ccccc2)[C@H]1N1C(=O)c2ccccc2C1=O. The highest BCUT2D eigenvalue weighted by Gasteiger charge is 2.59. The molecule has 3 fully saturated rings. The van der Waals surface area contributed by atoms with E-state index in [0.717, 1.165) is 22.3 Å². The van der Waals surface area contributed by atoms with E-state index >= 15 is 0 Å². The molecule has 9 rings (SSSR count). The third-order valence-electron chi connectivity index (χ3n) is 12.0. The standard InChI is InChI=1S/C52H53NO12S/c1-3-66-52-42(53-48(55)38-26-16-17-27-39(38)49(53)56)45(44-41(63-52)32-61-50(64-44)37-24-14-7-15-25-37)65-51-47(60-30-36-22-12-6-13-23-36)46(59-29-35-20-10-5-11-21-35)43(40(62-51)31-57-33(2)54)58-28-34-18-8-4-9-19-34/h4-27,40-47,50-52H,3,28-32H2,1-2H3/t40-,41-,42-,43+,44-,45-,46+,47-,50?,51-,52+/m1/s1. The Bertz CT molecular complexity index is 2340. The zero-order valence-corrected chi connectivity index (χ0v) is 37.5. The van der Waals surface area contributed by atoms with Crippen molar-refractivity contribution in [3.63, 3.8) is 0 Å². The van der Waals surface area contributed by atoms with Crippen molar-refractivity contribution in [1.29, 1.82) is 0 Å². The van der Waals surface area contributed by atoms with Crippen molar-refractivity contribution < 1.29 is 57.0 Å². The van der Waals surface area contributed by atoms with Gasteiger partial charge in [-0.1, -0.05) is 140 Å². The molecule has 0 radical (unpaired) electrons. The van der Waals surface area contributed by atoms with Gasteiger partial charge in [-0.3, -0.25) is 19.3 Å². The number of esters is 1. The summed E-state index contributed by atoms with van der Waals surface area (Å²) in [5.41, 5.74) is 3.27. The molecule has 4 heterocycles. The lowest BCUT2D eigenvalue weighted by atomic mass is 9.94. The minimum absolute atomic E-state index is 0.131. The zero-order chi connectivity index (χ0) is 45.4. The Balaban J connectivity index is 1.15. The maximum atomic E-state index is 14.5. The number of thioether (sulfide) groups is 1. The lowest BCUT2D eigenvalue weighted by Crippen LogP contribution is -2.69. The minimum atomic E-state index is -1.28. The van der Waals surface area contributed by atoms with E-state index in [9.17, 15) is 14.4 Å². The molecule has 3 saturated heterocycles. The second-order valence-electron chi connectivity index (χ2n) is 16.4. The summed E-state index contributed by atoms with van der Waals surface area (Å²) in [4.78, 5) is 42.9. The number of ether oxygens (including phenoxy) is 9. The normalized spacial score (nSPS) is 28.4. The van der Waals surface area contributed by atoms with Crippen molar-refractivity contribution in [2.45, 2.75) is 100 Å². The highest BCUT2D eigenvalue weighted by atomic mass is 32.2. The quantitative estimate of drug-likeness (QED) is 0.0667. The first-order chi connectivity index (χ1) is 32.4. The Kier molecular flexibility index (Phi) is 15.0. The monoisotopic (exact) mass is 915 g/mol. The van der Waals surface area contributed by atoms with Crippen LogP contribution in [0, 0.1) is 0 Å². The van der Waals surface area contributed by atoms with Gasteiger partial charge in [0.1, 0.15) is 60.8 Å². The topological polar surface area (TPSA) is 138 Å². The van der Waals surface area contributed by atoms with Gasteiger partial charge in [-0.05, 0) is 34.6 Å². The summed E-state index contributed by atoms with van der Waals surface area (Å²) in [5, 5.41) is 0. The molecule has 66 heavy (non-hydrogen) atoms. The number of carbonyl (C=O) groups excluding carboxylic acids is 3. The first kappa shape index (κ1) is 45.9. The first-order valence-electron chi connectivity index (χ1n) is 22.3. The molecule has 0 spiro atoms. The van der Waals surface area contributed by atoms with Crippen LogP contribution in [0.4, 0.5) is 0 Å². The van der Waals surface area contributed by atoms with E-state index in [4.69, 9.17) is 42.6 Å². The van der Waals surface area contributed by atoms with Gasteiger partial charge < -0.3 is 42.6 Å². The first-order valence-corrected chi connectivity index (χ1v) is 23.4. The van der Waals surface area contributed by atoms with E-state index in [-0.39, 0.29) is 44.2 Å². The average Bonchev–Trinajstić information content (AvgIpc) is 3.60. The van der Waals surface area contributed by atoms with Gasteiger partial charge in [-0.2, -0.15) is 0 Å². The summed E-state index contributed by atoms with van der Waals surface area (Å²) in [7, 11) is 0. The number of benzene rings is 5. The van der Waals surface area contributed by atoms with Gasteiger partial charge in [0.05, 0.1) is 37.6 Å². The van der Waals surface area contributed by atoms with E-state index in [0.29, 0.717) is 5.75 Å². The number of imide groups is 1. The summed E-state index contributed by atoms with van der Waals surface area (Å²) >= 11 is 1.45. The van der Waals surface area contributed by atoms with Crippen molar-refractivity contribution in [3.05, 3.63) is 179 Å². The molecular weight excluding hydrogens is 863 g/mol. The maximum absolute atomic E-state index is 14.5. The fourth-order valence-corrected chi connectivity index (χ4v) is 9.91. The third kappa shape index (κ3) is 10.3. The van der Waals surface area contributed by atoms with Crippen LogP contribution in [0.1, 0.15) is 63.1 Å². The molecule has 11 atom stereocenters. The fourth-order valence-electron chi connectivity index (χ4n) is 8.89. The largest absolute Gasteiger partial charge is 0.463 e. The summed E-state index contributed by atoms with van der Waals surface area (Å²) in [5.74, 6) is -0.872. The van der Waals surface area contributed by atoms with Crippen LogP contribution in [0.3, 0.4) is 0 Å². The van der Waals surface area contributed by atoms with Crippen molar-refractivity contribution in [3.8, 4) is 0 Å². The highest BCUT2D eigenvalue weighted by Crippen LogP contribution is 2.44. The summed E-state index contributed by atoms with van der Waals surface area (Å²) in [6, 6.07) is 44.4. The molecule has 5 aromatic rings. The van der Waals surface area contributed by atoms with E-state index < -0.39 is 84.6 Å². The van der Waals surface area contributed by atoms with Crippen LogP contribution < -0.4 is 0 Å². The van der Waals surface area contributed by atoms with Gasteiger partial charge in [-0.15, -0.1) is 11.8 Å². The van der Waals surface area contributed by atoms with Crippen LogP contribution in [-0.2, 0) is 67.2 Å². The van der Waals surface area contributed by atoms with Gasteiger partial charge in [-0.25, -0.2) is 0 Å². The van der Waals surface area contributed by atoms with Crippen LogP contribution in [-0.4, -0.2) is 102 Å². The summed E-state index contributed by atoms with van der Waals surface area (Å²) < 4.78 is 60.6. The summed E-state index contributed by atoms with van der Waals surface area (Å²) in [6.45, 7) is 3.73. The van der Waals surface area contributed by atoms with Gasteiger partial charge in [0, 0.05) is 12.5 Å². The van der Waals surface area contributed by atoms with Gasteiger partial charge in [0.15, 0.2) is 12.6 Å². The molecule has 344 valence electrons. The Morgan fingerprint density at radius 1 is 0.636 bits per heavy atom. The van der Waals surface area contributed by atoms with Crippen LogP contribution in [0.2, 0.25) is 0 Å².